The number of halogens is 1. The molecule has 1 saturated carbocycles. The van der Waals surface area contributed by atoms with Gasteiger partial charge in [-0.05, 0) is 31.0 Å². The molecule has 1 fully saturated rings. The van der Waals surface area contributed by atoms with Gasteiger partial charge < -0.3 is 5.73 Å². The number of hydrogen-bond acceptors (Lipinski definition) is 5. The molecule has 1 amide bonds. The van der Waals surface area contributed by atoms with E-state index in [0.717, 1.165) is 24.0 Å². The molecule has 2 aromatic rings. The number of rotatable bonds is 4. The van der Waals surface area contributed by atoms with E-state index < -0.39 is 21.7 Å². The van der Waals surface area contributed by atoms with Crippen molar-refractivity contribution in [3.05, 3.63) is 40.7 Å². The summed E-state index contributed by atoms with van der Waals surface area (Å²) in [5, 5.41) is 14.6. The number of carbonyl (C=O) groups is 1. The third-order valence-electron chi connectivity index (χ3n) is 3.92. The van der Waals surface area contributed by atoms with Crippen LogP contribution >= 0.6 is 11.6 Å². The van der Waals surface area contributed by atoms with Crippen molar-refractivity contribution in [2.24, 2.45) is 5.73 Å². The van der Waals surface area contributed by atoms with Crippen LogP contribution in [0.2, 0.25) is 5.02 Å². The summed E-state index contributed by atoms with van der Waals surface area (Å²) < 4.78 is 23.6. The molecule has 1 aromatic heterocycles. The first-order valence-corrected chi connectivity index (χ1v) is 9.68. The second-order valence-corrected chi connectivity index (χ2v) is 8.31. The third-order valence-corrected chi connectivity index (χ3v) is 5.35. The molecule has 132 valence electrons. The number of anilines is 1. The van der Waals surface area contributed by atoms with Crippen LogP contribution in [-0.4, -0.2) is 36.7 Å². The largest absolute Gasteiger partial charge is 0.369 e. The Balaban J connectivity index is 2.09. The maximum absolute atomic E-state index is 13.0. The Morgan fingerprint density at radius 2 is 2.12 bits per heavy atom. The van der Waals surface area contributed by atoms with Gasteiger partial charge in [-0.15, -0.1) is 0 Å². The molecule has 0 atom stereocenters. The molecule has 0 saturated heterocycles. The van der Waals surface area contributed by atoms with Crippen LogP contribution in [0.4, 0.5) is 5.69 Å². The lowest BCUT2D eigenvalue weighted by atomic mass is 10.1. The van der Waals surface area contributed by atoms with E-state index in [1.54, 1.807) is 0 Å². The number of amides is 1. The number of nitrogens with zero attached hydrogens (tertiary/aromatic N) is 2. The Morgan fingerprint density at radius 1 is 1.44 bits per heavy atom. The monoisotopic (exact) mass is 381 g/mol. The van der Waals surface area contributed by atoms with Gasteiger partial charge in [-0.1, -0.05) is 11.6 Å². The Labute approximate surface area is 149 Å². The molecule has 1 aliphatic rings. The minimum atomic E-state index is -3.52. The number of sulfone groups is 1. The van der Waals surface area contributed by atoms with Crippen molar-refractivity contribution in [2.45, 2.75) is 23.7 Å². The quantitative estimate of drug-likeness (QED) is 0.549. The Morgan fingerprint density at radius 3 is 2.68 bits per heavy atom. The zero-order valence-electron chi connectivity index (χ0n) is 13.3. The van der Waals surface area contributed by atoms with Gasteiger partial charge in [0.2, 0.25) is 0 Å². The second-order valence-electron chi connectivity index (χ2n) is 5.88. The number of benzene rings is 1. The predicted octanol–water partition coefficient (Wildman–Crippen LogP) is 1.88. The molecule has 3 rings (SSSR count). The van der Waals surface area contributed by atoms with Crippen LogP contribution in [0.15, 0.2) is 29.3 Å². The van der Waals surface area contributed by atoms with Crippen LogP contribution in [0, 0.1) is 5.41 Å². The number of aromatic nitrogens is 2. The highest BCUT2D eigenvalue weighted by molar-refractivity contribution is 7.90. The second kappa shape index (κ2) is 6.16. The molecule has 1 heterocycles. The van der Waals surface area contributed by atoms with E-state index in [2.05, 4.69) is 10.2 Å². The number of guanidine groups is 1. The highest BCUT2D eigenvalue weighted by atomic mass is 35.5. The van der Waals surface area contributed by atoms with Crippen LogP contribution < -0.4 is 10.6 Å². The van der Waals surface area contributed by atoms with Gasteiger partial charge in [0.05, 0.1) is 33.1 Å². The van der Waals surface area contributed by atoms with Crippen molar-refractivity contribution >= 4 is 39.0 Å². The molecule has 25 heavy (non-hydrogen) atoms. The van der Waals surface area contributed by atoms with Gasteiger partial charge in [-0.2, -0.15) is 5.10 Å². The molecule has 0 spiro atoms. The van der Waals surface area contributed by atoms with Crippen molar-refractivity contribution in [1.82, 2.24) is 10.2 Å². The fourth-order valence-electron chi connectivity index (χ4n) is 2.51. The topological polar surface area (TPSA) is 133 Å². The molecular weight excluding hydrogens is 366 g/mol. The van der Waals surface area contributed by atoms with E-state index in [1.807, 2.05) is 0 Å². The molecule has 10 heteroatoms. The van der Waals surface area contributed by atoms with Gasteiger partial charge in [-0.25, -0.2) is 13.3 Å². The molecule has 0 unspecified atom stereocenters. The molecule has 0 radical (unpaired) electrons. The summed E-state index contributed by atoms with van der Waals surface area (Å²) in [5.41, 5.74) is 6.60. The summed E-state index contributed by atoms with van der Waals surface area (Å²) >= 11 is 6.14. The first-order chi connectivity index (χ1) is 11.7. The van der Waals surface area contributed by atoms with Crippen molar-refractivity contribution in [1.29, 1.82) is 5.41 Å². The molecule has 1 aliphatic carbocycles. The molecule has 4 N–H and O–H groups in total. The fraction of sp³-hybridized carbons (Fsp3) is 0.267. The summed E-state index contributed by atoms with van der Waals surface area (Å²) in [6.07, 6.45) is 4.32. The molecular formula is C15H16ClN5O3S. The van der Waals surface area contributed by atoms with Gasteiger partial charge in [0, 0.05) is 12.2 Å². The van der Waals surface area contributed by atoms with Crippen LogP contribution in [-0.2, 0) is 9.84 Å². The van der Waals surface area contributed by atoms with Crippen molar-refractivity contribution < 1.29 is 13.2 Å². The highest BCUT2D eigenvalue weighted by Gasteiger charge is 2.33. The maximum atomic E-state index is 13.0. The van der Waals surface area contributed by atoms with E-state index in [9.17, 15) is 13.2 Å². The normalized spacial score (nSPS) is 14.3. The van der Waals surface area contributed by atoms with E-state index >= 15 is 0 Å². The van der Waals surface area contributed by atoms with Crippen LogP contribution in [0.5, 0.6) is 0 Å². The summed E-state index contributed by atoms with van der Waals surface area (Å²) in [6, 6.07) is 3.92. The van der Waals surface area contributed by atoms with Crippen molar-refractivity contribution in [2.75, 3.05) is 11.2 Å². The van der Waals surface area contributed by atoms with Gasteiger partial charge >= 0.3 is 0 Å². The highest BCUT2D eigenvalue weighted by Crippen LogP contribution is 2.41. The minimum Gasteiger partial charge on any atom is -0.369 e. The minimum absolute atomic E-state index is 0.0273. The summed E-state index contributed by atoms with van der Waals surface area (Å²) in [7, 11) is -3.52. The van der Waals surface area contributed by atoms with E-state index in [1.165, 1.54) is 24.4 Å². The molecule has 8 nitrogen and oxygen atoms in total. The number of nitrogens with two attached hydrogens (primary N) is 1. The lowest BCUT2D eigenvalue weighted by Gasteiger charge is -2.22. The van der Waals surface area contributed by atoms with Crippen LogP contribution in [0.3, 0.4) is 0 Å². The Bertz CT molecular complexity index is 965. The third kappa shape index (κ3) is 3.38. The standard InChI is InChI=1S/C15H16ClN5O3S/c1-25(23,24)9-4-5-11(16)12(6-9)21(15(17)18)14(22)10-7-19-20-13(10)8-2-3-8/h4-8H,2-3H2,1H3,(H3,17,18)(H,19,20). The lowest BCUT2D eigenvalue weighted by Crippen LogP contribution is -2.42. The predicted molar refractivity (Wildman–Crippen MR) is 93.8 cm³/mol. The Kier molecular flexibility index (Phi) is 4.29. The number of H-pyrrole nitrogens is 1. The van der Waals surface area contributed by atoms with E-state index in [-0.39, 0.29) is 21.5 Å². The average Bonchev–Trinajstić information content (AvgIpc) is 3.24. The zero-order valence-corrected chi connectivity index (χ0v) is 14.9. The zero-order chi connectivity index (χ0) is 18.4. The smallest absolute Gasteiger partial charge is 0.268 e. The van der Waals surface area contributed by atoms with E-state index in [4.69, 9.17) is 22.7 Å². The summed E-state index contributed by atoms with van der Waals surface area (Å²) in [5.74, 6) is -0.927. The number of aromatic amines is 1. The SMILES string of the molecule is CS(=O)(=O)c1ccc(Cl)c(N(C(=N)N)C(=O)c2cn[nH]c2C2CC2)c1. The first-order valence-electron chi connectivity index (χ1n) is 7.41. The van der Waals surface area contributed by atoms with Crippen LogP contribution in [0.1, 0.15) is 34.8 Å². The summed E-state index contributed by atoms with van der Waals surface area (Å²) in [4.78, 5) is 13.8. The van der Waals surface area contributed by atoms with Gasteiger partial charge in [0.15, 0.2) is 15.8 Å². The van der Waals surface area contributed by atoms with Gasteiger partial charge in [0.1, 0.15) is 0 Å². The van der Waals surface area contributed by atoms with Gasteiger partial charge in [-0.3, -0.25) is 15.3 Å². The number of nitrogens with one attached hydrogen (secondary N) is 2. The van der Waals surface area contributed by atoms with Crippen LogP contribution in [0.25, 0.3) is 0 Å². The molecule has 0 bridgehead atoms. The lowest BCUT2D eigenvalue weighted by molar-refractivity contribution is 0.100. The Hall–Kier alpha value is -2.39. The fourth-order valence-corrected chi connectivity index (χ4v) is 3.36. The van der Waals surface area contributed by atoms with Crippen molar-refractivity contribution in [3.63, 3.8) is 0 Å². The van der Waals surface area contributed by atoms with Crippen molar-refractivity contribution in [3.8, 4) is 0 Å². The number of hydrogen-bond donors (Lipinski definition) is 3. The maximum Gasteiger partial charge on any atom is 0.268 e. The van der Waals surface area contributed by atoms with E-state index in [0.29, 0.717) is 11.3 Å². The summed E-state index contributed by atoms with van der Waals surface area (Å²) in [6.45, 7) is 0. The first kappa shape index (κ1) is 17.4. The number of carbonyl (C=O) groups excluding carboxylic acids is 1. The average molecular weight is 382 g/mol. The molecule has 1 aromatic carbocycles. The molecule has 0 aliphatic heterocycles. The van der Waals surface area contributed by atoms with Gasteiger partial charge in [0.25, 0.3) is 5.91 Å².